The number of nitrogens with one attached hydrogen (secondary N) is 3. The molecule has 0 spiro atoms. The Morgan fingerprint density at radius 2 is 1.41 bits per heavy atom. The monoisotopic (exact) mass is 607 g/mol. The van der Waals surface area contributed by atoms with Crippen molar-refractivity contribution in [3.05, 3.63) is 71.8 Å². The van der Waals surface area contributed by atoms with Gasteiger partial charge in [0.25, 0.3) is 0 Å². The van der Waals surface area contributed by atoms with Crippen LogP contribution in [0.4, 0.5) is 0 Å². The zero-order valence-electron chi connectivity index (χ0n) is 25.0. The molecule has 0 radical (unpaired) electrons. The van der Waals surface area contributed by atoms with Gasteiger partial charge in [0.2, 0.25) is 29.5 Å². The van der Waals surface area contributed by atoms with Crippen LogP contribution in [0, 0.1) is 5.92 Å². The molecule has 0 aliphatic carbocycles. The number of benzene rings is 2. The van der Waals surface area contributed by atoms with E-state index in [1.54, 1.807) is 54.6 Å². The summed E-state index contributed by atoms with van der Waals surface area (Å²) < 4.78 is 0. The molecule has 236 valence electrons. The molecule has 12 nitrogen and oxygen atoms in total. The summed E-state index contributed by atoms with van der Waals surface area (Å²) in [5.41, 5.74) is 6.99. The summed E-state index contributed by atoms with van der Waals surface area (Å²) >= 11 is 0. The van der Waals surface area contributed by atoms with Crippen molar-refractivity contribution in [3.63, 3.8) is 0 Å². The highest BCUT2D eigenvalue weighted by atomic mass is 16.4. The standard InChI is InChI=1S/C32H41N5O7/c1-20(2)16-23(34-27(38)18-22-12-7-4-8-13-22)30(42)35-24(19-28(39)40)31(43)36-25(17-21-10-5-3-6-11-21)32(44)37-15-9-14-26(37)29(33)41/h3-8,10-13,20,23-26H,9,14-19H2,1-2H3,(H2,33,41)(H,34,38)(H,35,42)(H,36,43)(H,39,40)/t23-,24-,25-,26-/m0/s1. The minimum Gasteiger partial charge on any atom is -0.481 e. The highest BCUT2D eigenvalue weighted by Gasteiger charge is 2.38. The molecule has 1 fully saturated rings. The zero-order chi connectivity index (χ0) is 32.2. The summed E-state index contributed by atoms with van der Waals surface area (Å²) in [6.07, 6.45) is 0.547. The van der Waals surface area contributed by atoms with Gasteiger partial charge < -0.3 is 31.7 Å². The Hall–Kier alpha value is -4.74. The van der Waals surface area contributed by atoms with Gasteiger partial charge in [-0.3, -0.25) is 28.8 Å². The van der Waals surface area contributed by atoms with Crippen LogP contribution in [0.15, 0.2) is 60.7 Å². The Morgan fingerprint density at radius 3 is 1.98 bits per heavy atom. The van der Waals surface area contributed by atoms with Crippen molar-refractivity contribution in [1.82, 2.24) is 20.9 Å². The predicted molar refractivity (Wildman–Crippen MR) is 162 cm³/mol. The first-order chi connectivity index (χ1) is 20.9. The number of carboxylic acid groups (broad SMARTS) is 1. The van der Waals surface area contributed by atoms with Crippen LogP contribution >= 0.6 is 0 Å². The van der Waals surface area contributed by atoms with Crippen LogP contribution in [-0.4, -0.2) is 76.2 Å². The Morgan fingerprint density at radius 1 is 0.841 bits per heavy atom. The number of hydrogen-bond acceptors (Lipinski definition) is 6. The number of rotatable bonds is 15. The van der Waals surface area contributed by atoms with Crippen LogP contribution in [0.1, 0.15) is 50.7 Å². The first kappa shape index (κ1) is 33.8. The summed E-state index contributed by atoms with van der Waals surface area (Å²) in [5, 5.41) is 17.4. The van der Waals surface area contributed by atoms with E-state index in [2.05, 4.69) is 16.0 Å². The lowest BCUT2D eigenvalue weighted by Crippen LogP contribution is -2.59. The minimum atomic E-state index is -1.54. The number of carbonyl (C=O) groups is 6. The third kappa shape index (κ3) is 10.2. The number of carbonyl (C=O) groups excluding carboxylic acids is 5. The normalized spacial score (nSPS) is 16.4. The van der Waals surface area contributed by atoms with Crippen molar-refractivity contribution in [2.24, 2.45) is 11.7 Å². The van der Waals surface area contributed by atoms with Gasteiger partial charge in [-0.25, -0.2) is 0 Å². The highest BCUT2D eigenvalue weighted by molar-refractivity contribution is 5.97. The van der Waals surface area contributed by atoms with Gasteiger partial charge in [0.05, 0.1) is 12.8 Å². The highest BCUT2D eigenvalue weighted by Crippen LogP contribution is 2.19. The fraction of sp³-hybridized carbons (Fsp3) is 0.438. The molecular weight excluding hydrogens is 566 g/mol. The lowest BCUT2D eigenvalue weighted by atomic mass is 10.0. The summed E-state index contributed by atoms with van der Waals surface area (Å²) in [5.74, 6) is -4.56. The molecule has 0 bridgehead atoms. The zero-order valence-corrected chi connectivity index (χ0v) is 25.0. The SMILES string of the molecule is CC(C)C[C@H](NC(=O)Cc1ccccc1)C(=O)N[C@@H](CC(=O)O)C(=O)N[C@@H](Cc1ccccc1)C(=O)N1CCC[C@H]1C(N)=O. The second kappa shape index (κ2) is 16.2. The second-order valence-corrected chi connectivity index (χ2v) is 11.4. The fourth-order valence-electron chi connectivity index (χ4n) is 5.23. The van der Waals surface area contributed by atoms with Crippen molar-refractivity contribution < 1.29 is 33.9 Å². The van der Waals surface area contributed by atoms with E-state index in [0.717, 1.165) is 11.1 Å². The Balaban J connectivity index is 1.79. The molecule has 1 aliphatic heterocycles. The lowest BCUT2D eigenvalue weighted by molar-refractivity contribution is -0.143. The number of likely N-dealkylation sites (tertiary alicyclic amines) is 1. The molecule has 44 heavy (non-hydrogen) atoms. The maximum Gasteiger partial charge on any atom is 0.305 e. The smallest absolute Gasteiger partial charge is 0.305 e. The molecule has 2 aromatic carbocycles. The van der Waals surface area contributed by atoms with Gasteiger partial charge in [0.1, 0.15) is 24.2 Å². The number of hydrogen-bond donors (Lipinski definition) is 5. The molecule has 5 amide bonds. The summed E-state index contributed by atoms with van der Waals surface area (Å²) in [6, 6.07) is 13.3. The third-order valence-electron chi connectivity index (χ3n) is 7.34. The molecule has 0 saturated carbocycles. The van der Waals surface area contributed by atoms with Crippen LogP contribution in [0.3, 0.4) is 0 Å². The van der Waals surface area contributed by atoms with E-state index >= 15 is 0 Å². The average Bonchev–Trinajstić information content (AvgIpc) is 3.47. The quantitative estimate of drug-likeness (QED) is 0.199. The molecule has 1 saturated heterocycles. The van der Waals surface area contributed by atoms with Gasteiger partial charge in [-0.15, -0.1) is 0 Å². The van der Waals surface area contributed by atoms with Crippen molar-refractivity contribution in [1.29, 1.82) is 0 Å². The number of nitrogens with two attached hydrogens (primary N) is 1. The first-order valence-corrected chi connectivity index (χ1v) is 14.7. The number of amides is 5. The van der Waals surface area contributed by atoms with Gasteiger partial charge in [-0.2, -0.15) is 0 Å². The van der Waals surface area contributed by atoms with Crippen LogP contribution in [0.25, 0.3) is 0 Å². The van der Waals surface area contributed by atoms with Crippen molar-refractivity contribution in [2.75, 3.05) is 6.54 Å². The van der Waals surface area contributed by atoms with Gasteiger partial charge in [-0.1, -0.05) is 74.5 Å². The topological polar surface area (TPSA) is 188 Å². The molecule has 1 heterocycles. The summed E-state index contributed by atoms with van der Waals surface area (Å²) in [7, 11) is 0. The molecule has 3 rings (SSSR count). The van der Waals surface area contributed by atoms with Gasteiger partial charge in [-0.05, 0) is 36.3 Å². The molecule has 1 aliphatic rings. The van der Waals surface area contributed by atoms with Crippen LogP contribution in [-0.2, 0) is 41.6 Å². The average molecular weight is 608 g/mol. The number of nitrogens with zero attached hydrogens (tertiary/aromatic N) is 1. The second-order valence-electron chi connectivity index (χ2n) is 11.4. The Kier molecular flexibility index (Phi) is 12.4. The van der Waals surface area contributed by atoms with E-state index in [1.165, 1.54) is 4.90 Å². The van der Waals surface area contributed by atoms with Gasteiger partial charge >= 0.3 is 5.97 Å². The van der Waals surface area contributed by atoms with Gasteiger partial charge in [0, 0.05) is 13.0 Å². The summed E-state index contributed by atoms with van der Waals surface area (Å²) in [4.78, 5) is 78.3. The third-order valence-corrected chi connectivity index (χ3v) is 7.34. The van der Waals surface area contributed by atoms with Crippen molar-refractivity contribution in [3.8, 4) is 0 Å². The predicted octanol–water partition coefficient (Wildman–Crippen LogP) is 0.923. The fourth-order valence-corrected chi connectivity index (χ4v) is 5.23. The number of aliphatic carboxylic acids is 1. The largest absolute Gasteiger partial charge is 0.481 e. The number of primary amides is 1. The van der Waals surface area contributed by atoms with Crippen LogP contribution < -0.4 is 21.7 Å². The van der Waals surface area contributed by atoms with E-state index in [-0.39, 0.29) is 31.7 Å². The summed E-state index contributed by atoms with van der Waals surface area (Å²) in [6.45, 7) is 4.01. The molecule has 4 atom stereocenters. The Bertz CT molecular complexity index is 1320. The minimum absolute atomic E-state index is 0.0129. The van der Waals surface area contributed by atoms with E-state index < -0.39 is 66.1 Å². The van der Waals surface area contributed by atoms with E-state index in [4.69, 9.17) is 5.73 Å². The molecule has 2 aromatic rings. The van der Waals surface area contributed by atoms with Crippen LogP contribution in [0.5, 0.6) is 0 Å². The maximum absolute atomic E-state index is 13.6. The lowest BCUT2D eigenvalue weighted by Gasteiger charge is -2.29. The maximum atomic E-state index is 13.6. The van der Waals surface area contributed by atoms with E-state index in [9.17, 15) is 33.9 Å². The molecule has 6 N–H and O–H groups in total. The van der Waals surface area contributed by atoms with Crippen molar-refractivity contribution in [2.45, 2.75) is 76.5 Å². The first-order valence-electron chi connectivity index (χ1n) is 14.7. The Labute approximate surface area is 256 Å². The number of carboxylic acids is 1. The van der Waals surface area contributed by atoms with Crippen molar-refractivity contribution >= 4 is 35.5 Å². The van der Waals surface area contributed by atoms with E-state index in [1.807, 2.05) is 19.9 Å². The molecule has 0 aromatic heterocycles. The van der Waals surface area contributed by atoms with Crippen LogP contribution in [0.2, 0.25) is 0 Å². The molecule has 12 heteroatoms. The van der Waals surface area contributed by atoms with Gasteiger partial charge in [0.15, 0.2) is 0 Å². The van der Waals surface area contributed by atoms with E-state index in [0.29, 0.717) is 12.8 Å². The molecule has 0 unspecified atom stereocenters. The molecular formula is C32H41N5O7.